The molecule has 0 heterocycles. The molecule has 1 aromatic rings. The maximum absolute atomic E-state index is 12.3. The van der Waals surface area contributed by atoms with Gasteiger partial charge in [-0.05, 0) is 25.3 Å². The maximum Gasteiger partial charge on any atom is 0.144 e. The lowest BCUT2D eigenvalue weighted by Gasteiger charge is -2.39. The van der Waals surface area contributed by atoms with Crippen molar-refractivity contribution in [3.8, 4) is 0 Å². The molecule has 3 heteroatoms. The molecule has 20 heavy (non-hydrogen) atoms. The first-order chi connectivity index (χ1) is 9.43. The molecule has 0 bridgehead atoms. The van der Waals surface area contributed by atoms with Crippen LogP contribution in [0.4, 0.5) is 0 Å². The molecular weight excluding hydrogens is 252 g/mol. The van der Waals surface area contributed by atoms with Crippen molar-refractivity contribution in [1.82, 2.24) is 0 Å². The average molecular weight is 272 g/mol. The predicted molar refractivity (Wildman–Crippen MR) is 76.3 cm³/mol. The fraction of sp³-hybridized carbons (Fsp3) is 0.471. The van der Waals surface area contributed by atoms with Crippen LogP contribution in [0.5, 0.6) is 0 Å². The van der Waals surface area contributed by atoms with Crippen LogP contribution in [-0.2, 0) is 14.4 Å². The van der Waals surface area contributed by atoms with Gasteiger partial charge in [0.15, 0.2) is 0 Å². The monoisotopic (exact) mass is 272 g/mol. The van der Waals surface area contributed by atoms with E-state index < -0.39 is 5.92 Å². The van der Waals surface area contributed by atoms with Crippen molar-refractivity contribution < 1.29 is 14.4 Å². The van der Waals surface area contributed by atoms with Crippen LogP contribution in [0, 0.1) is 17.8 Å². The van der Waals surface area contributed by atoms with Crippen LogP contribution in [0.3, 0.4) is 0 Å². The number of Topliss-reactive ketones (excluding diaryl/α,β-unsaturated/α-hetero) is 3. The number of benzene rings is 1. The molecule has 0 saturated heterocycles. The minimum absolute atomic E-state index is 0.0131. The summed E-state index contributed by atoms with van der Waals surface area (Å²) in [6.07, 6.45) is 0.317. The highest BCUT2D eigenvalue weighted by atomic mass is 16.2. The van der Waals surface area contributed by atoms with Crippen molar-refractivity contribution in [3.05, 3.63) is 35.9 Å². The van der Waals surface area contributed by atoms with E-state index >= 15 is 0 Å². The lowest BCUT2D eigenvalue weighted by atomic mass is 9.62. The quantitative estimate of drug-likeness (QED) is 0.795. The number of rotatable bonds is 3. The third-order valence-corrected chi connectivity index (χ3v) is 4.32. The molecule has 2 rings (SSSR count). The molecule has 106 valence electrons. The molecule has 4 atom stereocenters. The van der Waals surface area contributed by atoms with Gasteiger partial charge in [-0.2, -0.15) is 0 Å². The Labute approximate surface area is 119 Å². The Morgan fingerprint density at radius 3 is 2.15 bits per heavy atom. The molecule has 3 nitrogen and oxygen atoms in total. The van der Waals surface area contributed by atoms with Gasteiger partial charge < -0.3 is 0 Å². The Morgan fingerprint density at radius 1 is 1.05 bits per heavy atom. The van der Waals surface area contributed by atoms with Gasteiger partial charge in [0, 0.05) is 18.3 Å². The lowest BCUT2D eigenvalue weighted by Crippen LogP contribution is -2.44. The van der Waals surface area contributed by atoms with Gasteiger partial charge >= 0.3 is 0 Å². The Balaban J connectivity index is 2.53. The van der Waals surface area contributed by atoms with Crippen LogP contribution in [0.15, 0.2) is 30.3 Å². The summed E-state index contributed by atoms with van der Waals surface area (Å²) in [5.41, 5.74) is 0.910. The molecule has 0 N–H and O–H groups in total. The van der Waals surface area contributed by atoms with E-state index in [1.807, 2.05) is 37.3 Å². The zero-order valence-electron chi connectivity index (χ0n) is 12.1. The Bertz CT molecular complexity index is 532. The Morgan fingerprint density at radius 2 is 1.65 bits per heavy atom. The summed E-state index contributed by atoms with van der Waals surface area (Å²) in [6.45, 7) is 4.94. The zero-order valence-corrected chi connectivity index (χ0v) is 12.1. The minimum Gasteiger partial charge on any atom is -0.300 e. The normalized spacial score (nSPS) is 30.1. The average Bonchev–Trinajstić information content (AvgIpc) is 2.37. The van der Waals surface area contributed by atoms with E-state index in [-0.39, 0.29) is 35.1 Å². The third-order valence-electron chi connectivity index (χ3n) is 4.32. The number of hydrogen-bond donors (Lipinski definition) is 0. The minimum atomic E-state index is -0.678. The van der Waals surface area contributed by atoms with E-state index in [1.165, 1.54) is 6.92 Å². The van der Waals surface area contributed by atoms with Crippen LogP contribution in [-0.4, -0.2) is 17.3 Å². The number of ketones is 3. The van der Waals surface area contributed by atoms with E-state index in [0.29, 0.717) is 6.42 Å². The van der Waals surface area contributed by atoms with E-state index in [1.54, 1.807) is 6.92 Å². The molecule has 4 unspecified atom stereocenters. The molecule has 1 aromatic carbocycles. The van der Waals surface area contributed by atoms with Crippen molar-refractivity contribution in [2.24, 2.45) is 17.8 Å². The van der Waals surface area contributed by atoms with Gasteiger partial charge in [-0.15, -0.1) is 0 Å². The Hall–Kier alpha value is -1.77. The summed E-state index contributed by atoms with van der Waals surface area (Å²) >= 11 is 0. The fourth-order valence-electron chi connectivity index (χ4n) is 3.54. The third kappa shape index (κ3) is 2.58. The maximum atomic E-state index is 12.3. The van der Waals surface area contributed by atoms with Crippen LogP contribution in [0.1, 0.15) is 38.7 Å². The van der Waals surface area contributed by atoms with Crippen molar-refractivity contribution in [1.29, 1.82) is 0 Å². The number of carbonyl (C=O) groups is 3. The fourth-order valence-corrected chi connectivity index (χ4v) is 3.54. The summed E-state index contributed by atoms with van der Waals surface area (Å²) in [5, 5.41) is 0. The van der Waals surface area contributed by atoms with Crippen LogP contribution in [0.2, 0.25) is 0 Å². The first-order valence-corrected chi connectivity index (χ1v) is 7.02. The smallest absolute Gasteiger partial charge is 0.144 e. The molecule has 1 saturated carbocycles. The number of hydrogen-bond acceptors (Lipinski definition) is 3. The van der Waals surface area contributed by atoms with Crippen LogP contribution in [0.25, 0.3) is 0 Å². The highest BCUT2D eigenvalue weighted by molar-refractivity contribution is 6.04. The number of carbonyl (C=O) groups excluding carboxylic acids is 3. The van der Waals surface area contributed by atoms with Gasteiger partial charge in [0.1, 0.15) is 17.3 Å². The highest BCUT2D eigenvalue weighted by Gasteiger charge is 2.46. The summed E-state index contributed by atoms with van der Waals surface area (Å²) in [5.74, 6) is -1.38. The van der Waals surface area contributed by atoms with Gasteiger partial charge in [0.25, 0.3) is 0 Å². The molecule has 1 fully saturated rings. The first kappa shape index (κ1) is 14.6. The highest BCUT2D eigenvalue weighted by Crippen LogP contribution is 2.44. The summed E-state index contributed by atoms with van der Waals surface area (Å²) < 4.78 is 0. The van der Waals surface area contributed by atoms with Crippen molar-refractivity contribution in [2.45, 2.75) is 33.1 Å². The standard InChI is InChI=1S/C17H20O3/c1-10-9-14(20)16(12(3)19)17(15(10)11(2)18)13-7-5-4-6-8-13/h4-8,10,15-17H,9H2,1-3H3. The van der Waals surface area contributed by atoms with E-state index in [0.717, 1.165) is 5.56 Å². The topological polar surface area (TPSA) is 51.2 Å². The molecule has 0 aliphatic heterocycles. The van der Waals surface area contributed by atoms with Gasteiger partial charge in [-0.1, -0.05) is 37.3 Å². The molecule has 1 aliphatic carbocycles. The summed E-state index contributed by atoms with van der Waals surface area (Å²) in [6, 6.07) is 9.47. The van der Waals surface area contributed by atoms with Gasteiger partial charge in [0.05, 0.1) is 5.92 Å². The molecule has 1 aliphatic rings. The molecular formula is C17H20O3. The first-order valence-electron chi connectivity index (χ1n) is 7.02. The molecule has 0 radical (unpaired) electrons. The second-order valence-corrected chi connectivity index (χ2v) is 5.81. The summed E-state index contributed by atoms with van der Waals surface area (Å²) in [4.78, 5) is 36.2. The lowest BCUT2D eigenvalue weighted by molar-refractivity contribution is -0.139. The van der Waals surface area contributed by atoms with E-state index in [2.05, 4.69) is 0 Å². The van der Waals surface area contributed by atoms with E-state index in [4.69, 9.17) is 0 Å². The van der Waals surface area contributed by atoms with Gasteiger partial charge in [-0.25, -0.2) is 0 Å². The molecule has 0 amide bonds. The van der Waals surface area contributed by atoms with Gasteiger partial charge in [-0.3, -0.25) is 14.4 Å². The molecule has 0 aromatic heterocycles. The largest absolute Gasteiger partial charge is 0.300 e. The van der Waals surface area contributed by atoms with Crippen LogP contribution >= 0.6 is 0 Å². The Kier molecular flexibility index (Phi) is 4.17. The van der Waals surface area contributed by atoms with Crippen molar-refractivity contribution in [3.63, 3.8) is 0 Å². The van der Waals surface area contributed by atoms with Crippen molar-refractivity contribution >= 4 is 17.3 Å². The predicted octanol–water partition coefficient (Wildman–Crippen LogP) is 2.79. The van der Waals surface area contributed by atoms with Crippen LogP contribution < -0.4 is 0 Å². The second kappa shape index (κ2) is 5.70. The zero-order chi connectivity index (χ0) is 14.9. The molecule has 0 spiro atoms. The van der Waals surface area contributed by atoms with Gasteiger partial charge in [0.2, 0.25) is 0 Å². The van der Waals surface area contributed by atoms with Crippen molar-refractivity contribution in [2.75, 3.05) is 0 Å². The summed E-state index contributed by atoms with van der Waals surface area (Å²) in [7, 11) is 0. The second-order valence-electron chi connectivity index (χ2n) is 5.81. The SMILES string of the molecule is CC(=O)C1C(=O)CC(C)C(C(C)=O)C1c1ccccc1. The van der Waals surface area contributed by atoms with E-state index in [9.17, 15) is 14.4 Å².